The minimum Gasteiger partial charge on any atom is -0.481 e. The van der Waals surface area contributed by atoms with Crippen molar-refractivity contribution in [1.82, 2.24) is 10.2 Å². The molecule has 0 saturated carbocycles. The molecule has 1 atom stereocenters. The quantitative estimate of drug-likeness (QED) is 0.679. The number of rotatable bonds is 7. The number of nitrogens with zero attached hydrogens (tertiary/aromatic N) is 1. The fraction of sp³-hybridized carbons (Fsp3) is 0.357. The molecule has 1 aromatic carbocycles. The Hall–Kier alpha value is -2.58. The van der Waals surface area contributed by atoms with Gasteiger partial charge in [0.1, 0.15) is 6.29 Å². The minimum atomic E-state index is -4.45. The largest absolute Gasteiger partial charge is 0.481 e. The van der Waals surface area contributed by atoms with E-state index in [1.54, 1.807) is 0 Å². The predicted octanol–water partition coefficient (Wildman–Crippen LogP) is 2.82. The highest BCUT2D eigenvalue weighted by Crippen LogP contribution is 2.32. The second-order valence-electron chi connectivity index (χ2n) is 5.01. The van der Waals surface area contributed by atoms with Gasteiger partial charge in [0.15, 0.2) is 5.82 Å². The normalized spacial score (nSPS) is 13.0. The maximum Gasteiger partial charge on any atom is 0.416 e. The Morgan fingerprint density at radius 2 is 2.17 bits per heavy atom. The number of fused-ring (bicyclic) bond motifs is 1. The lowest BCUT2D eigenvalue weighted by molar-refractivity contribution is -0.138. The Balaban J connectivity index is 2.21. The first-order valence-electron chi connectivity index (χ1n) is 6.78. The standard InChI is InChI=1S/C14H14F3N3O3/c15-14(16,17)8-1-3-10-11(7-8)19-20-13(10)18-9(5-6-21)2-4-12(22)23/h1,3,6-7,9H,2,4-5H2,(H,22,23)(H2,18,19,20). The molecule has 0 bridgehead atoms. The number of nitrogens with one attached hydrogen (secondary N) is 2. The van der Waals surface area contributed by atoms with Gasteiger partial charge >= 0.3 is 12.1 Å². The lowest BCUT2D eigenvalue weighted by Gasteiger charge is -2.15. The van der Waals surface area contributed by atoms with Crippen LogP contribution in [0.25, 0.3) is 10.9 Å². The molecule has 0 saturated heterocycles. The third kappa shape index (κ3) is 4.21. The lowest BCUT2D eigenvalue weighted by atomic mass is 10.1. The van der Waals surface area contributed by atoms with E-state index in [9.17, 15) is 22.8 Å². The zero-order chi connectivity index (χ0) is 17.0. The van der Waals surface area contributed by atoms with Crippen molar-refractivity contribution < 1.29 is 27.9 Å². The number of benzene rings is 1. The second kappa shape index (κ2) is 6.67. The van der Waals surface area contributed by atoms with Crippen LogP contribution >= 0.6 is 0 Å². The van der Waals surface area contributed by atoms with E-state index in [1.165, 1.54) is 6.07 Å². The molecule has 1 aromatic heterocycles. The average Bonchev–Trinajstić information content (AvgIpc) is 2.86. The summed E-state index contributed by atoms with van der Waals surface area (Å²) in [7, 11) is 0. The van der Waals surface area contributed by atoms with Crippen LogP contribution in [0, 0.1) is 0 Å². The predicted molar refractivity (Wildman–Crippen MR) is 76.1 cm³/mol. The topological polar surface area (TPSA) is 95.1 Å². The number of anilines is 1. The van der Waals surface area contributed by atoms with Crippen LogP contribution in [0.1, 0.15) is 24.8 Å². The Morgan fingerprint density at radius 3 is 2.78 bits per heavy atom. The van der Waals surface area contributed by atoms with E-state index in [-0.39, 0.29) is 30.6 Å². The number of H-pyrrole nitrogens is 1. The summed E-state index contributed by atoms with van der Waals surface area (Å²) < 4.78 is 38.0. The van der Waals surface area contributed by atoms with Gasteiger partial charge in [-0.05, 0) is 24.6 Å². The van der Waals surface area contributed by atoms with Crippen LogP contribution in [0.3, 0.4) is 0 Å². The zero-order valence-corrected chi connectivity index (χ0v) is 11.9. The third-order valence-electron chi connectivity index (χ3n) is 3.32. The van der Waals surface area contributed by atoms with Crippen molar-refractivity contribution in [1.29, 1.82) is 0 Å². The van der Waals surface area contributed by atoms with E-state index in [0.29, 0.717) is 11.7 Å². The number of hydrogen-bond donors (Lipinski definition) is 3. The number of halogens is 3. The maximum atomic E-state index is 12.7. The molecule has 0 aliphatic rings. The van der Waals surface area contributed by atoms with Crippen molar-refractivity contribution in [3.05, 3.63) is 23.8 Å². The number of aldehydes is 1. The summed E-state index contributed by atoms with van der Waals surface area (Å²) >= 11 is 0. The van der Waals surface area contributed by atoms with Crippen molar-refractivity contribution >= 4 is 29.0 Å². The average molecular weight is 329 g/mol. The van der Waals surface area contributed by atoms with Crippen LogP contribution in [0.2, 0.25) is 0 Å². The van der Waals surface area contributed by atoms with Gasteiger partial charge in [-0.3, -0.25) is 9.89 Å². The molecule has 23 heavy (non-hydrogen) atoms. The zero-order valence-electron chi connectivity index (χ0n) is 11.9. The Labute approximate surface area is 128 Å². The van der Waals surface area contributed by atoms with E-state index in [1.807, 2.05) is 0 Å². The van der Waals surface area contributed by atoms with E-state index in [4.69, 9.17) is 5.11 Å². The molecule has 2 aromatic rings. The van der Waals surface area contributed by atoms with Gasteiger partial charge in [-0.2, -0.15) is 18.3 Å². The molecule has 1 heterocycles. The van der Waals surface area contributed by atoms with Gasteiger partial charge in [0.25, 0.3) is 0 Å². The van der Waals surface area contributed by atoms with Gasteiger partial charge in [-0.15, -0.1) is 0 Å². The van der Waals surface area contributed by atoms with E-state index >= 15 is 0 Å². The van der Waals surface area contributed by atoms with Gasteiger partial charge in [0, 0.05) is 24.3 Å². The number of carbonyl (C=O) groups is 2. The lowest BCUT2D eigenvalue weighted by Crippen LogP contribution is -2.21. The van der Waals surface area contributed by atoms with Gasteiger partial charge in [0.2, 0.25) is 0 Å². The van der Waals surface area contributed by atoms with Crippen molar-refractivity contribution in [3.8, 4) is 0 Å². The maximum absolute atomic E-state index is 12.7. The smallest absolute Gasteiger partial charge is 0.416 e. The molecular formula is C14H14F3N3O3. The SMILES string of the molecule is O=CCC(CCC(=O)O)Nc1n[nH]c2cc(C(F)(F)F)ccc12. The number of carboxylic acid groups (broad SMARTS) is 1. The molecule has 2 rings (SSSR count). The van der Waals surface area contributed by atoms with Crippen LogP contribution < -0.4 is 5.32 Å². The number of aliphatic carboxylic acids is 1. The van der Waals surface area contributed by atoms with E-state index in [2.05, 4.69) is 15.5 Å². The first-order chi connectivity index (χ1) is 10.8. The molecule has 124 valence electrons. The Morgan fingerprint density at radius 1 is 1.43 bits per heavy atom. The molecule has 0 aliphatic heterocycles. The first-order valence-corrected chi connectivity index (χ1v) is 6.78. The van der Waals surface area contributed by atoms with Crippen LogP contribution in [0.15, 0.2) is 18.2 Å². The minimum absolute atomic E-state index is 0.0717. The van der Waals surface area contributed by atoms with Crippen LogP contribution in [-0.2, 0) is 15.8 Å². The number of aromatic amines is 1. The van der Waals surface area contributed by atoms with E-state index < -0.39 is 23.8 Å². The molecule has 9 heteroatoms. The molecule has 0 radical (unpaired) electrons. The summed E-state index contributed by atoms with van der Waals surface area (Å²) in [6, 6.07) is 2.70. The first kappa shape index (κ1) is 16.8. The Bertz CT molecular complexity index is 712. The number of alkyl halides is 3. The van der Waals surface area contributed by atoms with Gasteiger partial charge in [0.05, 0.1) is 11.1 Å². The molecule has 1 unspecified atom stereocenters. The fourth-order valence-corrected chi connectivity index (χ4v) is 2.16. The molecular weight excluding hydrogens is 315 g/mol. The highest BCUT2D eigenvalue weighted by molar-refractivity contribution is 5.90. The molecule has 0 amide bonds. The number of carbonyl (C=O) groups excluding carboxylic acids is 1. The van der Waals surface area contributed by atoms with Gasteiger partial charge in [-0.1, -0.05) is 0 Å². The summed E-state index contributed by atoms with van der Waals surface area (Å²) in [4.78, 5) is 21.3. The molecule has 3 N–H and O–H groups in total. The summed E-state index contributed by atoms with van der Waals surface area (Å²) in [6.07, 6.45) is -3.66. The number of hydrogen-bond acceptors (Lipinski definition) is 4. The highest BCUT2D eigenvalue weighted by Gasteiger charge is 2.30. The highest BCUT2D eigenvalue weighted by atomic mass is 19.4. The van der Waals surface area contributed by atoms with Gasteiger partial charge < -0.3 is 15.2 Å². The molecule has 6 nitrogen and oxygen atoms in total. The molecule has 0 fully saturated rings. The van der Waals surface area contributed by atoms with Crippen LogP contribution in [0.4, 0.5) is 19.0 Å². The fourth-order valence-electron chi connectivity index (χ4n) is 2.16. The summed E-state index contributed by atoms with van der Waals surface area (Å²) in [5.41, 5.74) is -0.596. The van der Waals surface area contributed by atoms with Crippen molar-refractivity contribution in [2.24, 2.45) is 0 Å². The summed E-state index contributed by atoms with van der Waals surface area (Å²) in [5.74, 6) is -0.713. The van der Waals surface area contributed by atoms with Crippen LogP contribution in [0.5, 0.6) is 0 Å². The molecule has 0 aliphatic carbocycles. The van der Waals surface area contributed by atoms with Crippen molar-refractivity contribution in [3.63, 3.8) is 0 Å². The number of carboxylic acids is 1. The number of aromatic nitrogens is 2. The van der Waals surface area contributed by atoms with Crippen molar-refractivity contribution in [2.75, 3.05) is 5.32 Å². The van der Waals surface area contributed by atoms with Gasteiger partial charge in [-0.25, -0.2) is 0 Å². The summed E-state index contributed by atoms with van der Waals surface area (Å²) in [5, 5.41) is 18.4. The van der Waals surface area contributed by atoms with E-state index in [0.717, 1.165) is 12.1 Å². The van der Waals surface area contributed by atoms with Crippen molar-refractivity contribution in [2.45, 2.75) is 31.5 Å². The van der Waals surface area contributed by atoms with Crippen LogP contribution in [-0.4, -0.2) is 33.6 Å². The second-order valence-corrected chi connectivity index (χ2v) is 5.01. The Kier molecular flexibility index (Phi) is 4.87. The third-order valence-corrected chi connectivity index (χ3v) is 3.32. The summed E-state index contributed by atoms with van der Waals surface area (Å²) in [6.45, 7) is 0. The molecule has 0 spiro atoms. The monoisotopic (exact) mass is 329 g/mol.